The first-order valence-electron chi connectivity index (χ1n) is 10.4. The van der Waals surface area contributed by atoms with Crippen LogP contribution in [-0.4, -0.2) is 62.2 Å². The molecule has 32 heavy (non-hydrogen) atoms. The number of hydrogen-bond acceptors (Lipinski definition) is 6. The van der Waals surface area contributed by atoms with Gasteiger partial charge in [-0.05, 0) is 48.6 Å². The maximum atomic E-state index is 13.0. The van der Waals surface area contributed by atoms with E-state index in [2.05, 4.69) is 15.5 Å². The van der Waals surface area contributed by atoms with Gasteiger partial charge in [-0.25, -0.2) is 0 Å². The Morgan fingerprint density at radius 3 is 2.09 bits per heavy atom. The minimum Gasteiger partial charge on any atom is -0.497 e. The molecule has 2 N–H and O–H groups in total. The van der Waals surface area contributed by atoms with Gasteiger partial charge >= 0.3 is 0 Å². The van der Waals surface area contributed by atoms with Crippen LogP contribution < -0.4 is 25.0 Å². The molecule has 0 atom stereocenters. The lowest BCUT2D eigenvalue weighted by atomic mass is 10.1. The third-order valence-corrected chi connectivity index (χ3v) is 5.43. The van der Waals surface area contributed by atoms with Gasteiger partial charge in [-0.15, -0.1) is 0 Å². The Balaban J connectivity index is 1.57. The van der Waals surface area contributed by atoms with Crippen LogP contribution in [0.3, 0.4) is 0 Å². The van der Waals surface area contributed by atoms with Crippen LogP contribution in [0.2, 0.25) is 0 Å². The van der Waals surface area contributed by atoms with Gasteiger partial charge in [0, 0.05) is 55.6 Å². The summed E-state index contributed by atoms with van der Waals surface area (Å²) >= 11 is 5.14. The second-order valence-electron chi connectivity index (χ2n) is 7.28. The van der Waals surface area contributed by atoms with Crippen LogP contribution in [0.15, 0.2) is 42.5 Å². The molecule has 0 spiro atoms. The molecule has 1 aliphatic rings. The van der Waals surface area contributed by atoms with Gasteiger partial charge in [0.1, 0.15) is 11.5 Å². The van der Waals surface area contributed by atoms with Crippen LogP contribution in [0, 0.1) is 0 Å². The van der Waals surface area contributed by atoms with E-state index in [0.717, 1.165) is 24.5 Å². The molecule has 170 valence electrons. The topological polar surface area (TPSA) is 83.1 Å². The predicted molar refractivity (Wildman–Crippen MR) is 129 cm³/mol. The molecule has 1 saturated heterocycles. The van der Waals surface area contributed by atoms with Crippen LogP contribution in [0.25, 0.3) is 0 Å². The molecule has 0 aliphatic carbocycles. The van der Waals surface area contributed by atoms with Crippen molar-refractivity contribution in [2.75, 3.05) is 50.6 Å². The highest BCUT2D eigenvalue weighted by molar-refractivity contribution is 7.80. The van der Waals surface area contributed by atoms with Crippen molar-refractivity contribution < 1.29 is 19.1 Å². The van der Waals surface area contributed by atoms with Crippen molar-refractivity contribution in [3.63, 3.8) is 0 Å². The van der Waals surface area contributed by atoms with Crippen LogP contribution in [0.5, 0.6) is 11.5 Å². The van der Waals surface area contributed by atoms with E-state index in [9.17, 15) is 9.59 Å². The van der Waals surface area contributed by atoms with E-state index >= 15 is 0 Å². The van der Waals surface area contributed by atoms with Gasteiger partial charge in [0.2, 0.25) is 5.91 Å². The number of anilines is 2. The first-order chi connectivity index (χ1) is 15.4. The number of amides is 2. The largest absolute Gasteiger partial charge is 0.497 e. The molecular formula is C23H28N4O4S. The summed E-state index contributed by atoms with van der Waals surface area (Å²) in [6.45, 7) is 4.46. The standard InChI is InChI=1S/C23H28N4O4S/c1-4-21(28)25-23(32)24-17-5-7-18(8-6-17)26-9-11-27(12-10-26)22(29)16-13-19(30-2)15-20(14-16)31-3/h5-8,13-15H,4,9-12H2,1-3H3,(H2,24,25,28,32). The fourth-order valence-electron chi connectivity index (χ4n) is 3.41. The molecule has 0 bridgehead atoms. The second kappa shape index (κ2) is 10.8. The number of carbonyl (C=O) groups excluding carboxylic acids is 2. The lowest BCUT2D eigenvalue weighted by Crippen LogP contribution is -2.48. The van der Waals surface area contributed by atoms with E-state index in [1.54, 1.807) is 39.3 Å². The number of thiocarbonyl (C=S) groups is 1. The van der Waals surface area contributed by atoms with Gasteiger partial charge in [-0.2, -0.15) is 0 Å². The van der Waals surface area contributed by atoms with E-state index in [0.29, 0.717) is 36.6 Å². The first kappa shape index (κ1) is 23.3. The fraction of sp³-hybridized carbons (Fsp3) is 0.348. The van der Waals surface area contributed by atoms with Gasteiger partial charge in [0.25, 0.3) is 5.91 Å². The molecule has 0 radical (unpaired) electrons. The third kappa shape index (κ3) is 5.88. The number of piperazine rings is 1. The Kier molecular flexibility index (Phi) is 7.88. The van der Waals surface area contributed by atoms with Crippen LogP contribution in [-0.2, 0) is 4.79 Å². The Bertz CT molecular complexity index is 950. The zero-order valence-corrected chi connectivity index (χ0v) is 19.3. The highest BCUT2D eigenvalue weighted by atomic mass is 32.1. The van der Waals surface area contributed by atoms with Crippen molar-refractivity contribution in [1.82, 2.24) is 10.2 Å². The number of nitrogens with one attached hydrogen (secondary N) is 2. The highest BCUT2D eigenvalue weighted by Gasteiger charge is 2.23. The Morgan fingerprint density at radius 1 is 0.969 bits per heavy atom. The summed E-state index contributed by atoms with van der Waals surface area (Å²) in [6, 6.07) is 13.0. The number of ether oxygens (including phenoxy) is 2. The lowest BCUT2D eigenvalue weighted by molar-refractivity contribution is -0.119. The van der Waals surface area contributed by atoms with Crippen LogP contribution >= 0.6 is 12.2 Å². The smallest absolute Gasteiger partial charge is 0.254 e. The highest BCUT2D eigenvalue weighted by Crippen LogP contribution is 2.25. The van der Waals surface area contributed by atoms with Crippen molar-refractivity contribution in [3.05, 3.63) is 48.0 Å². The zero-order valence-electron chi connectivity index (χ0n) is 18.5. The molecule has 3 rings (SSSR count). The van der Waals surface area contributed by atoms with Gasteiger partial charge in [-0.3, -0.25) is 9.59 Å². The number of hydrogen-bond donors (Lipinski definition) is 2. The normalized spacial score (nSPS) is 13.3. The number of nitrogens with zero attached hydrogens (tertiary/aromatic N) is 2. The quantitative estimate of drug-likeness (QED) is 0.647. The van der Waals surface area contributed by atoms with Gasteiger partial charge in [-0.1, -0.05) is 6.92 Å². The summed E-state index contributed by atoms with van der Waals surface area (Å²) in [4.78, 5) is 28.5. The van der Waals surface area contributed by atoms with E-state index in [4.69, 9.17) is 21.7 Å². The molecular weight excluding hydrogens is 428 g/mol. The first-order valence-corrected chi connectivity index (χ1v) is 10.8. The number of benzene rings is 2. The van der Waals surface area contributed by atoms with Crippen molar-refractivity contribution >= 4 is 40.5 Å². The predicted octanol–water partition coefficient (Wildman–Crippen LogP) is 2.89. The van der Waals surface area contributed by atoms with Crippen molar-refractivity contribution in [1.29, 1.82) is 0 Å². The van der Waals surface area contributed by atoms with E-state index in [1.807, 2.05) is 29.2 Å². The second-order valence-corrected chi connectivity index (χ2v) is 7.69. The number of carbonyl (C=O) groups is 2. The average molecular weight is 457 g/mol. The summed E-state index contributed by atoms with van der Waals surface area (Å²) in [5, 5.41) is 5.90. The molecule has 1 fully saturated rings. The molecule has 2 aromatic carbocycles. The monoisotopic (exact) mass is 456 g/mol. The average Bonchev–Trinajstić information content (AvgIpc) is 2.83. The molecule has 1 aliphatic heterocycles. The number of rotatable bonds is 6. The van der Waals surface area contributed by atoms with Crippen molar-refractivity contribution in [2.45, 2.75) is 13.3 Å². The molecule has 0 aromatic heterocycles. The van der Waals surface area contributed by atoms with E-state index in [1.165, 1.54) is 0 Å². The summed E-state index contributed by atoms with van der Waals surface area (Å²) in [7, 11) is 3.13. The SMILES string of the molecule is CCC(=O)NC(=S)Nc1ccc(N2CCN(C(=O)c3cc(OC)cc(OC)c3)CC2)cc1. The van der Waals surface area contributed by atoms with Gasteiger partial charge in [0.15, 0.2) is 5.11 Å². The lowest BCUT2D eigenvalue weighted by Gasteiger charge is -2.36. The Hall–Kier alpha value is -3.33. The van der Waals surface area contributed by atoms with E-state index < -0.39 is 0 Å². The van der Waals surface area contributed by atoms with E-state index in [-0.39, 0.29) is 16.9 Å². The Morgan fingerprint density at radius 2 is 1.56 bits per heavy atom. The maximum absolute atomic E-state index is 13.0. The molecule has 2 amide bonds. The van der Waals surface area contributed by atoms with Crippen molar-refractivity contribution in [2.24, 2.45) is 0 Å². The molecule has 1 heterocycles. The summed E-state index contributed by atoms with van der Waals surface area (Å²) in [6.07, 6.45) is 0.376. The van der Waals surface area contributed by atoms with Crippen LogP contribution in [0.1, 0.15) is 23.7 Å². The molecule has 8 nitrogen and oxygen atoms in total. The molecule has 0 unspecified atom stereocenters. The van der Waals surface area contributed by atoms with Crippen LogP contribution in [0.4, 0.5) is 11.4 Å². The summed E-state index contributed by atoms with van der Waals surface area (Å²) in [5.74, 6) is 1.02. The number of methoxy groups -OCH3 is 2. The summed E-state index contributed by atoms with van der Waals surface area (Å²) in [5.41, 5.74) is 2.42. The third-order valence-electron chi connectivity index (χ3n) is 5.23. The zero-order chi connectivity index (χ0) is 23.1. The summed E-state index contributed by atoms with van der Waals surface area (Å²) < 4.78 is 10.6. The van der Waals surface area contributed by atoms with Gasteiger partial charge in [0.05, 0.1) is 14.2 Å². The fourth-order valence-corrected chi connectivity index (χ4v) is 3.65. The Labute approximate surface area is 193 Å². The van der Waals surface area contributed by atoms with Gasteiger partial charge < -0.3 is 29.9 Å². The molecule has 0 saturated carbocycles. The van der Waals surface area contributed by atoms with Crippen molar-refractivity contribution in [3.8, 4) is 11.5 Å². The molecule has 9 heteroatoms. The molecule has 2 aromatic rings. The minimum absolute atomic E-state index is 0.0379. The minimum atomic E-state index is -0.126. The maximum Gasteiger partial charge on any atom is 0.254 e.